The molecule has 1 aromatic carbocycles. The van der Waals surface area contributed by atoms with Crippen molar-refractivity contribution in [3.63, 3.8) is 0 Å². The van der Waals surface area contributed by atoms with Crippen LogP contribution in [0.4, 0.5) is 0 Å². The van der Waals surface area contributed by atoms with Gasteiger partial charge in [-0.2, -0.15) is 0 Å². The van der Waals surface area contributed by atoms with Gasteiger partial charge in [-0.05, 0) is 66.8 Å². The largest absolute Gasteiger partial charge is 0.429 e. The van der Waals surface area contributed by atoms with Gasteiger partial charge in [0, 0.05) is 29.8 Å². The van der Waals surface area contributed by atoms with Crippen LogP contribution in [0.25, 0.3) is 11.8 Å². The second kappa shape index (κ2) is 8.16. The zero-order valence-corrected chi connectivity index (χ0v) is 17.5. The highest BCUT2D eigenvalue weighted by atomic mass is 35.5. The van der Waals surface area contributed by atoms with Crippen molar-refractivity contribution in [1.29, 1.82) is 0 Å². The van der Waals surface area contributed by atoms with Crippen molar-refractivity contribution in [3.05, 3.63) is 56.7 Å². The van der Waals surface area contributed by atoms with E-state index in [2.05, 4.69) is 29.7 Å². The molecule has 0 amide bonds. The van der Waals surface area contributed by atoms with Gasteiger partial charge in [-0.3, -0.25) is 4.79 Å². The molecule has 0 spiro atoms. The summed E-state index contributed by atoms with van der Waals surface area (Å²) in [7, 11) is 0. The number of hydrogen-bond acceptors (Lipinski definition) is 2. The van der Waals surface area contributed by atoms with Crippen molar-refractivity contribution >= 4 is 29.4 Å². The minimum Gasteiger partial charge on any atom is -0.429 e. The highest BCUT2D eigenvalue weighted by Gasteiger charge is 2.25. The van der Waals surface area contributed by atoms with Gasteiger partial charge in [-0.1, -0.05) is 43.7 Å². The number of halogens is 1. The molecule has 0 bridgehead atoms. The summed E-state index contributed by atoms with van der Waals surface area (Å²) in [6, 6.07) is 8.05. The summed E-state index contributed by atoms with van der Waals surface area (Å²) in [6.45, 7) is 5.10. The summed E-state index contributed by atoms with van der Waals surface area (Å²) in [5, 5.41) is 3.23. The fourth-order valence-electron chi connectivity index (χ4n) is 4.51. The third kappa shape index (κ3) is 3.77. The predicted molar refractivity (Wildman–Crippen MR) is 114 cm³/mol. The Labute approximate surface area is 171 Å². The maximum absolute atomic E-state index is 12.2. The molecule has 1 unspecified atom stereocenters. The number of aromatic nitrogens is 1. The van der Waals surface area contributed by atoms with Gasteiger partial charge >= 0.3 is 5.97 Å². The number of ether oxygens (including phenoxy) is 1. The predicted octanol–water partition coefficient (Wildman–Crippen LogP) is 4.34. The lowest BCUT2D eigenvalue weighted by atomic mass is 9.89. The Bertz CT molecular complexity index is 1000. The molecule has 2 aromatic rings. The molecule has 0 N–H and O–H groups in total. The third-order valence-corrected chi connectivity index (χ3v) is 6.08. The van der Waals surface area contributed by atoms with Crippen LogP contribution >= 0.6 is 11.6 Å². The second-order valence-corrected chi connectivity index (χ2v) is 8.59. The molecule has 0 saturated carbocycles. The van der Waals surface area contributed by atoms with Crippen molar-refractivity contribution in [2.45, 2.75) is 65.3 Å². The Balaban J connectivity index is 1.87. The molecule has 0 fully saturated rings. The average Bonchev–Trinajstić information content (AvgIpc) is 2.98. The minimum absolute atomic E-state index is 0.111. The molecular weight excluding hydrogens is 370 g/mol. The van der Waals surface area contributed by atoms with Crippen LogP contribution < -0.4 is 10.7 Å². The SMILES string of the molecule is CCCC(=O)OC1=c2c(c3c(n2Cc2ccc(Cl)cc2)=CCC(C)C3)CCC1. The standard InChI is InChI=1S/C24H28ClNO2/c1-3-5-23(27)28-22-7-4-6-19-20-14-16(2)8-13-21(20)26(24(19)22)15-17-9-11-18(25)12-10-17/h9-13,16H,3-8,14-15H2,1-2H3. The number of carbonyl (C=O) groups is 1. The third-order valence-electron chi connectivity index (χ3n) is 5.83. The van der Waals surface area contributed by atoms with Gasteiger partial charge in [-0.15, -0.1) is 0 Å². The van der Waals surface area contributed by atoms with Crippen LogP contribution in [0.5, 0.6) is 0 Å². The van der Waals surface area contributed by atoms with Gasteiger partial charge in [0.25, 0.3) is 0 Å². The van der Waals surface area contributed by atoms with E-state index in [9.17, 15) is 4.79 Å². The van der Waals surface area contributed by atoms with Crippen LogP contribution in [0.1, 0.15) is 62.6 Å². The fraction of sp³-hybridized carbons (Fsp3) is 0.458. The number of hydrogen-bond donors (Lipinski definition) is 0. The van der Waals surface area contributed by atoms with E-state index >= 15 is 0 Å². The molecule has 0 radical (unpaired) electrons. The molecule has 148 valence electrons. The quantitative estimate of drug-likeness (QED) is 0.703. The van der Waals surface area contributed by atoms with Crippen molar-refractivity contribution in [3.8, 4) is 0 Å². The van der Waals surface area contributed by atoms with Crippen molar-refractivity contribution in [2.75, 3.05) is 0 Å². The first-order valence-electron chi connectivity index (χ1n) is 10.5. The Kier molecular flexibility index (Phi) is 5.63. The number of nitrogens with zero attached hydrogens (tertiary/aromatic N) is 1. The lowest BCUT2D eigenvalue weighted by Crippen LogP contribution is -2.33. The number of carbonyl (C=O) groups excluding carboxylic acids is 1. The monoisotopic (exact) mass is 397 g/mol. The number of fused-ring (bicyclic) bond motifs is 3. The Hall–Kier alpha value is -2.00. The van der Waals surface area contributed by atoms with Crippen molar-refractivity contribution in [2.24, 2.45) is 5.92 Å². The van der Waals surface area contributed by atoms with Crippen LogP contribution in [0, 0.1) is 5.92 Å². The van der Waals surface area contributed by atoms with Crippen LogP contribution in [0.2, 0.25) is 5.02 Å². The van der Waals surface area contributed by atoms with Crippen LogP contribution in [0.15, 0.2) is 24.3 Å². The molecule has 1 heterocycles. The summed E-state index contributed by atoms with van der Waals surface area (Å²) in [5.74, 6) is 1.42. The van der Waals surface area contributed by atoms with E-state index < -0.39 is 0 Å². The molecule has 4 rings (SSSR count). The van der Waals surface area contributed by atoms with Crippen LogP contribution in [-0.4, -0.2) is 10.5 Å². The van der Waals surface area contributed by atoms with Gasteiger partial charge in [0.2, 0.25) is 0 Å². The first kappa shape index (κ1) is 19.3. The average molecular weight is 398 g/mol. The van der Waals surface area contributed by atoms with E-state index in [4.69, 9.17) is 16.3 Å². The minimum atomic E-state index is -0.111. The maximum Gasteiger partial charge on any atom is 0.310 e. The summed E-state index contributed by atoms with van der Waals surface area (Å²) < 4.78 is 8.26. The van der Waals surface area contributed by atoms with E-state index in [0.29, 0.717) is 12.3 Å². The van der Waals surface area contributed by atoms with E-state index in [-0.39, 0.29) is 5.97 Å². The Morgan fingerprint density at radius 2 is 2.00 bits per heavy atom. The van der Waals surface area contributed by atoms with Crippen molar-refractivity contribution in [1.82, 2.24) is 4.57 Å². The second-order valence-electron chi connectivity index (χ2n) is 8.15. The Morgan fingerprint density at radius 3 is 2.75 bits per heavy atom. The van der Waals surface area contributed by atoms with Crippen LogP contribution in [0.3, 0.4) is 0 Å². The summed E-state index contributed by atoms with van der Waals surface area (Å²) in [5.41, 5.74) is 4.07. The van der Waals surface area contributed by atoms with E-state index in [1.165, 1.54) is 22.0 Å². The summed E-state index contributed by atoms with van der Waals surface area (Å²) >= 11 is 6.08. The molecule has 4 heteroatoms. The van der Waals surface area contributed by atoms with Crippen molar-refractivity contribution < 1.29 is 9.53 Å². The highest BCUT2D eigenvalue weighted by molar-refractivity contribution is 6.30. The number of benzene rings is 1. The lowest BCUT2D eigenvalue weighted by Gasteiger charge is -2.17. The number of esters is 1. The molecule has 0 aliphatic heterocycles. The zero-order chi connectivity index (χ0) is 19.7. The highest BCUT2D eigenvalue weighted by Crippen LogP contribution is 2.24. The molecule has 2 aliphatic rings. The maximum atomic E-state index is 12.2. The van der Waals surface area contributed by atoms with E-state index in [1.807, 2.05) is 19.1 Å². The molecular formula is C24H28ClNO2. The summed E-state index contributed by atoms with van der Waals surface area (Å²) in [4.78, 5) is 12.2. The van der Waals surface area contributed by atoms with Gasteiger partial charge in [0.1, 0.15) is 5.76 Å². The molecule has 3 nitrogen and oxygen atoms in total. The smallest absolute Gasteiger partial charge is 0.310 e. The van der Waals surface area contributed by atoms with Gasteiger partial charge in [0.15, 0.2) is 0 Å². The molecule has 0 saturated heterocycles. The first-order chi connectivity index (χ1) is 13.6. The van der Waals surface area contributed by atoms with E-state index in [1.54, 1.807) is 0 Å². The van der Waals surface area contributed by atoms with Crippen LogP contribution in [-0.2, 0) is 28.9 Å². The molecule has 2 aliphatic carbocycles. The van der Waals surface area contributed by atoms with Gasteiger partial charge in [-0.25, -0.2) is 0 Å². The molecule has 1 atom stereocenters. The topological polar surface area (TPSA) is 31.2 Å². The Morgan fingerprint density at radius 1 is 1.21 bits per heavy atom. The van der Waals surface area contributed by atoms with Gasteiger partial charge < -0.3 is 9.30 Å². The normalized spacial score (nSPS) is 18.2. The summed E-state index contributed by atoms with van der Waals surface area (Å²) in [6.07, 6.45) is 8.82. The fourth-order valence-corrected chi connectivity index (χ4v) is 4.64. The number of rotatable bonds is 5. The first-order valence-corrected chi connectivity index (χ1v) is 10.8. The van der Waals surface area contributed by atoms with Gasteiger partial charge in [0.05, 0.1) is 5.35 Å². The molecule has 28 heavy (non-hydrogen) atoms. The lowest BCUT2D eigenvalue weighted by molar-refractivity contribution is -0.137. The zero-order valence-electron chi connectivity index (χ0n) is 16.8. The van der Waals surface area contributed by atoms with E-state index in [0.717, 1.165) is 61.2 Å². The molecule has 1 aromatic heterocycles.